The average Bonchev–Trinajstić information content (AvgIpc) is 2.74. The van der Waals surface area contributed by atoms with Crippen molar-refractivity contribution in [2.45, 2.75) is 32.6 Å². The second-order valence-corrected chi connectivity index (χ2v) is 6.06. The third kappa shape index (κ3) is 4.82. The van der Waals surface area contributed by atoms with Gasteiger partial charge in [-0.15, -0.1) is 5.10 Å². The molecule has 102 valence electrons. The van der Waals surface area contributed by atoms with Crippen LogP contribution in [0, 0.1) is 0 Å². The van der Waals surface area contributed by atoms with E-state index < -0.39 is 9.84 Å². The van der Waals surface area contributed by atoms with Gasteiger partial charge < -0.3 is 4.74 Å². The van der Waals surface area contributed by atoms with E-state index in [0.717, 1.165) is 0 Å². The van der Waals surface area contributed by atoms with Crippen molar-refractivity contribution in [3.63, 3.8) is 0 Å². The average molecular weight is 275 g/mol. The molecule has 1 aromatic rings. The van der Waals surface area contributed by atoms with Gasteiger partial charge in [-0.1, -0.05) is 12.1 Å². The molecule has 0 N–H and O–H groups in total. The molecule has 1 rings (SSSR count). The first kappa shape index (κ1) is 14.6. The number of carbonyl (C=O) groups is 1. The molecule has 1 aromatic heterocycles. The number of sulfone groups is 1. The lowest BCUT2D eigenvalue weighted by Crippen LogP contribution is -2.09. The van der Waals surface area contributed by atoms with Crippen LogP contribution >= 0.6 is 0 Å². The van der Waals surface area contributed by atoms with Crippen molar-refractivity contribution in [2.75, 3.05) is 12.4 Å². The highest BCUT2D eigenvalue weighted by Crippen LogP contribution is 2.03. The molecular formula is C10H17N3O4S. The summed E-state index contributed by atoms with van der Waals surface area (Å²) < 4.78 is 29.0. The molecule has 0 aliphatic heterocycles. The van der Waals surface area contributed by atoms with Crippen LogP contribution in [-0.4, -0.2) is 41.7 Å². The Morgan fingerprint density at radius 1 is 1.44 bits per heavy atom. The zero-order chi connectivity index (χ0) is 13.6. The lowest BCUT2D eigenvalue weighted by molar-refractivity contribution is -0.143. The number of esters is 1. The molecule has 0 fully saturated rings. The van der Waals surface area contributed by atoms with Gasteiger partial charge in [0.25, 0.3) is 0 Å². The lowest BCUT2D eigenvalue weighted by Gasteiger charge is -2.00. The summed E-state index contributed by atoms with van der Waals surface area (Å²) >= 11 is 0. The van der Waals surface area contributed by atoms with E-state index in [1.807, 2.05) is 0 Å². The van der Waals surface area contributed by atoms with Crippen molar-refractivity contribution in [3.05, 3.63) is 11.9 Å². The highest BCUT2D eigenvalue weighted by molar-refractivity contribution is 7.90. The number of ether oxygens (including phenoxy) is 1. The monoisotopic (exact) mass is 275 g/mol. The summed E-state index contributed by atoms with van der Waals surface area (Å²) in [6.45, 7) is 4.00. The highest BCUT2D eigenvalue weighted by Gasteiger charge is 2.12. The van der Waals surface area contributed by atoms with E-state index in [9.17, 15) is 13.2 Å². The van der Waals surface area contributed by atoms with E-state index in [1.54, 1.807) is 13.8 Å². The molecular weight excluding hydrogens is 258 g/mol. The van der Waals surface area contributed by atoms with Gasteiger partial charge in [0.2, 0.25) is 0 Å². The van der Waals surface area contributed by atoms with Crippen LogP contribution in [-0.2, 0) is 31.7 Å². The SMILES string of the molecule is CCOC(=O)CCn1cc(CS(=O)(=O)CC)nn1. The highest BCUT2D eigenvalue weighted by atomic mass is 32.2. The largest absolute Gasteiger partial charge is 0.466 e. The van der Waals surface area contributed by atoms with Gasteiger partial charge in [0.15, 0.2) is 9.84 Å². The minimum Gasteiger partial charge on any atom is -0.466 e. The van der Waals surface area contributed by atoms with Gasteiger partial charge in [0.1, 0.15) is 0 Å². The fraction of sp³-hybridized carbons (Fsp3) is 0.700. The van der Waals surface area contributed by atoms with Gasteiger partial charge in [0, 0.05) is 11.9 Å². The first-order valence-corrected chi connectivity index (χ1v) is 7.54. The van der Waals surface area contributed by atoms with Crippen LogP contribution < -0.4 is 0 Å². The maximum Gasteiger partial charge on any atom is 0.307 e. The number of hydrogen-bond acceptors (Lipinski definition) is 6. The zero-order valence-corrected chi connectivity index (χ0v) is 11.3. The van der Waals surface area contributed by atoms with Crippen molar-refractivity contribution in [2.24, 2.45) is 0 Å². The van der Waals surface area contributed by atoms with E-state index in [-0.39, 0.29) is 23.9 Å². The Morgan fingerprint density at radius 2 is 2.17 bits per heavy atom. The van der Waals surface area contributed by atoms with Crippen molar-refractivity contribution >= 4 is 15.8 Å². The molecule has 0 saturated carbocycles. The second kappa shape index (κ2) is 6.48. The summed E-state index contributed by atoms with van der Waals surface area (Å²) in [6, 6.07) is 0. The Labute approximate surface area is 106 Å². The molecule has 0 spiro atoms. The molecule has 0 aliphatic carbocycles. The maximum atomic E-state index is 11.4. The summed E-state index contributed by atoms with van der Waals surface area (Å²) in [5.74, 6) is -0.360. The molecule has 0 saturated heterocycles. The lowest BCUT2D eigenvalue weighted by atomic mass is 10.4. The molecule has 0 aliphatic rings. The second-order valence-electron chi connectivity index (χ2n) is 3.70. The van der Waals surface area contributed by atoms with E-state index in [4.69, 9.17) is 4.74 Å². The van der Waals surface area contributed by atoms with Crippen LogP contribution in [0.25, 0.3) is 0 Å². The first-order valence-electron chi connectivity index (χ1n) is 5.72. The number of aromatic nitrogens is 3. The van der Waals surface area contributed by atoms with Crippen LogP contribution in [0.2, 0.25) is 0 Å². The van der Waals surface area contributed by atoms with Crippen molar-refractivity contribution in [3.8, 4) is 0 Å². The molecule has 8 heteroatoms. The molecule has 7 nitrogen and oxygen atoms in total. The minimum atomic E-state index is -3.11. The fourth-order valence-electron chi connectivity index (χ4n) is 1.28. The molecule has 1 heterocycles. The van der Waals surface area contributed by atoms with Crippen LogP contribution in [0.4, 0.5) is 0 Å². The Bertz CT molecular complexity index is 495. The summed E-state index contributed by atoms with van der Waals surface area (Å²) in [5.41, 5.74) is 0.390. The Hall–Kier alpha value is -1.44. The third-order valence-corrected chi connectivity index (χ3v) is 3.86. The third-order valence-electron chi connectivity index (χ3n) is 2.24. The summed E-state index contributed by atoms with van der Waals surface area (Å²) in [4.78, 5) is 11.1. The van der Waals surface area contributed by atoms with Gasteiger partial charge in [-0.25, -0.2) is 8.42 Å². The molecule has 0 aromatic carbocycles. The van der Waals surface area contributed by atoms with Crippen molar-refractivity contribution < 1.29 is 17.9 Å². The Morgan fingerprint density at radius 3 is 2.78 bits per heavy atom. The van der Waals surface area contributed by atoms with Crippen LogP contribution in [0.15, 0.2) is 6.20 Å². The number of hydrogen-bond donors (Lipinski definition) is 0. The first-order chi connectivity index (χ1) is 8.46. The van der Waals surface area contributed by atoms with E-state index in [1.165, 1.54) is 10.9 Å². The predicted octanol–water partition coefficient (Wildman–Crippen LogP) is 0.166. The quantitative estimate of drug-likeness (QED) is 0.659. The number of aryl methyl sites for hydroxylation is 1. The summed E-state index contributed by atoms with van der Waals surface area (Å²) in [7, 11) is -3.11. The number of carbonyl (C=O) groups excluding carboxylic acids is 1. The summed E-state index contributed by atoms with van der Waals surface area (Å²) in [5, 5.41) is 7.52. The van der Waals surface area contributed by atoms with Crippen molar-refractivity contribution in [1.82, 2.24) is 15.0 Å². The molecule has 0 amide bonds. The van der Waals surface area contributed by atoms with Gasteiger partial charge in [-0.3, -0.25) is 9.48 Å². The summed E-state index contributed by atoms with van der Waals surface area (Å²) in [6.07, 6.45) is 1.73. The van der Waals surface area contributed by atoms with Crippen LogP contribution in [0.1, 0.15) is 26.0 Å². The smallest absolute Gasteiger partial charge is 0.307 e. The maximum absolute atomic E-state index is 11.4. The zero-order valence-electron chi connectivity index (χ0n) is 10.5. The Balaban J connectivity index is 2.51. The topological polar surface area (TPSA) is 91.2 Å². The van der Waals surface area contributed by atoms with Crippen LogP contribution in [0.5, 0.6) is 0 Å². The predicted molar refractivity (Wildman–Crippen MR) is 64.4 cm³/mol. The molecule has 0 bridgehead atoms. The van der Waals surface area contributed by atoms with E-state index >= 15 is 0 Å². The van der Waals surface area contributed by atoms with E-state index in [0.29, 0.717) is 18.8 Å². The fourth-order valence-corrected chi connectivity index (χ4v) is 2.07. The molecule has 0 atom stereocenters. The minimum absolute atomic E-state index is 0.0721. The van der Waals surface area contributed by atoms with Gasteiger partial charge in [-0.05, 0) is 6.92 Å². The Kier molecular flexibility index (Phi) is 5.26. The molecule has 0 unspecified atom stereocenters. The van der Waals surface area contributed by atoms with Gasteiger partial charge in [-0.2, -0.15) is 0 Å². The van der Waals surface area contributed by atoms with Crippen molar-refractivity contribution in [1.29, 1.82) is 0 Å². The van der Waals surface area contributed by atoms with Gasteiger partial charge >= 0.3 is 5.97 Å². The van der Waals surface area contributed by atoms with Crippen LogP contribution in [0.3, 0.4) is 0 Å². The standard InChI is InChI=1S/C10H17N3O4S/c1-3-17-10(14)5-6-13-7-9(11-12-13)8-18(15,16)4-2/h7H,3-6,8H2,1-2H3. The normalized spacial score (nSPS) is 11.4. The van der Waals surface area contributed by atoms with E-state index in [2.05, 4.69) is 10.3 Å². The number of rotatable bonds is 7. The van der Waals surface area contributed by atoms with Gasteiger partial charge in [0.05, 0.1) is 31.0 Å². The molecule has 0 radical (unpaired) electrons. The number of nitrogens with zero attached hydrogens (tertiary/aromatic N) is 3. The molecule has 18 heavy (non-hydrogen) atoms.